The Morgan fingerprint density at radius 3 is 2.67 bits per heavy atom. The Labute approximate surface area is 107 Å². The molecule has 2 N–H and O–H groups in total. The van der Waals surface area contributed by atoms with E-state index in [2.05, 4.69) is 4.98 Å². The summed E-state index contributed by atoms with van der Waals surface area (Å²) in [6, 6.07) is 5.18. The van der Waals surface area contributed by atoms with Gasteiger partial charge < -0.3 is 10.3 Å². The molecule has 1 heterocycles. The van der Waals surface area contributed by atoms with Crippen molar-refractivity contribution in [3.63, 3.8) is 0 Å². The highest BCUT2D eigenvalue weighted by atomic mass is 32.2. The molecule has 0 amide bonds. The van der Waals surface area contributed by atoms with Gasteiger partial charge in [0, 0.05) is 25.8 Å². The number of nitrogens with two attached hydrogens (primary N) is 1. The molecule has 0 fully saturated rings. The number of hydrogen-bond acceptors (Lipinski definition) is 4. The van der Waals surface area contributed by atoms with Crippen molar-refractivity contribution in [1.29, 1.82) is 0 Å². The van der Waals surface area contributed by atoms with Crippen molar-refractivity contribution in [3.8, 4) is 0 Å². The minimum absolute atomic E-state index is 0.0924. The molecule has 0 radical (unpaired) electrons. The van der Waals surface area contributed by atoms with Crippen LogP contribution in [0.1, 0.15) is 18.7 Å². The Morgan fingerprint density at radius 1 is 1.44 bits per heavy atom. The average Bonchev–Trinajstić information content (AvgIpc) is 2.65. The van der Waals surface area contributed by atoms with Gasteiger partial charge in [-0.2, -0.15) is 0 Å². The van der Waals surface area contributed by atoms with E-state index in [0.29, 0.717) is 12.1 Å². The highest BCUT2D eigenvalue weighted by Gasteiger charge is 2.19. The van der Waals surface area contributed by atoms with Gasteiger partial charge in [-0.3, -0.25) is 0 Å². The standard InChI is InChI=1S/C12H17N3O2S/c1-8(7-13)12-14-11-9(15(12)2)5-4-6-10(11)18(3,16)17/h4-6,8H,7,13H2,1-3H3. The minimum Gasteiger partial charge on any atom is -0.331 e. The SMILES string of the molecule is CC(CN)c1nc2c(S(C)(=O)=O)cccc2n1C. The molecular formula is C12H17N3O2S. The fraction of sp³-hybridized carbons (Fsp3) is 0.417. The molecule has 98 valence electrons. The van der Waals surface area contributed by atoms with Crippen LogP contribution in [0.5, 0.6) is 0 Å². The molecule has 5 nitrogen and oxygen atoms in total. The third-order valence-corrected chi connectivity index (χ3v) is 4.23. The molecule has 1 unspecified atom stereocenters. The number of rotatable bonds is 3. The lowest BCUT2D eigenvalue weighted by molar-refractivity contribution is 0.602. The number of para-hydroxylation sites is 1. The molecule has 2 rings (SSSR count). The second kappa shape index (κ2) is 4.37. The van der Waals surface area contributed by atoms with E-state index < -0.39 is 9.84 Å². The van der Waals surface area contributed by atoms with Gasteiger partial charge in [0.15, 0.2) is 9.84 Å². The smallest absolute Gasteiger partial charge is 0.177 e. The first kappa shape index (κ1) is 13.0. The molecule has 1 aromatic carbocycles. The number of fused-ring (bicyclic) bond motifs is 1. The normalized spacial score (nSPS) is 14.0. The second-order valence-corrected chi connectivity index (χ2v) is 6.55. The molecule has 0 saturated carbocycles. The van der Waals surface area contributed by atoms with Crippen molar-refractivity contribution in [2.24, 2.45) is 12.8 Å². The van der Waals surface area contributed by atoms with Gasteiger partial charge in [-0.15, -0.1) is 0 Å². The van der Waals surface area contributed by atoms with Crippen molar-refractivity contribution in [2.45, 2.75) is 17.7 Å². The van der Waals surface area contributed by atoms with Crippen LogP contribution in [0.2, 0.25) is 0 Å². The van der Waals surface area contributed by atoms with Gasteiger partial charge in [-0.05, 0) is 12.1 Å². The third kappa shape index (κ3) is 2.02. The van der Waals surface area contributed by atoms with E-state index in [9.17, 15) is 8.42 Å². The van der Waals surface area contributed by atoms with E-state index >= 15 is 0 Å². The van der Waals surface area contributed by atoms with Crippen LogP contribution in [-0.2, 0) is 16.9 Å². The van der Waals surface area contributed by atoms with Crippen LogP contribution in [-0.4, -0.2) is 30.8 Å². The van der Waals surface area contributed by atoms with Crippen molar-refractivity contribution in [1.82, 2.24) is 9.55 Å². The van der Waals surface area contributed by atoms with Gasteiger partial charge in [0.1, 0.15) is 11.3 Å². The van der Waals surface area contributed by atoms with Crippen LogP contribution in [0.3, 0.4) is 0 Å². The summed E-state index contributed by atoms with van der Waals surface area (Å²) in [5, 5.41) is 0. The van der Waals surface area contributed by atoms with Gasteiger partial charge in [0.25, 0.3) is 0 Å². The molecule has 1 atom stereocenters. The van der Waals surface area contributed by atoms with Crippen LogP contribution >= 0.6 is 0 Å². The predicted octanol–water partition coefficient (Wildman–Crippen LogP) is 1.04. The van der Waals surface area contributed by atoms with E-state index in [1.54, 1.807) is 12.1 Å². The minimum atomic E-state index is -3.27. The Kier molecular flexibility index (Phi) is 3.16. The number of nitrogens with zero attached hydrogens (tertiary/aromatic N) is 2. The molecule has 6 heteroatoms. The number of sulfone groups is 1. The Bertz CT molecular complexity index is 689. The lowest BCUT2D eigenvalue weighted by atomic mass is 10.2. The zero-order valence-electron chi connectivity index (χ0n) is 10.7. The topological polar surface area (TPSA) is 78.0 Å². The Balaban J connectivity index is 2.80. The molecule has 0 aliphatic heterocycles. The molecule has 0 aliphatic carbocycles. The van der Waals surface area contributed by atoms with E-state index in [1.165, 1.54) is 6.26 Å². The monoisotopic (exact) mass is 267 g/mol. The largest absolute Gasteiger partial charge is 0.331 e. The maximum atomic E-state index is 11.7. The third-order valence-electron chi connectivity index (χ3n) is 3.10. The summed E-state index contributed by atoms with van der Waals surface area (Å²) in [6.07, 6.45) is 1.20. The molecule has 18 heavy (non-hydrogen) atoms. The summed E-state index contributed by atoms with van der Waals surface area (Å²) >= 11 is 0. The zero-order valence-corrected chi connectivity index (χ0v) is 11.5. The molecule has 1 aromatic heterocycles. The number of aromatic nitrogens is 2. The predicted molar refractivity (Wildman–Crippen MR) is 71.3 cm³/mol. The number of benzene rings is 1. The van der Waals surface area contributed by atoms with Crippen molar-refractivity contribution < 1.29 is 8.42 Å². The van der Waals surface area contributed by atoms with Crippen LogP contribution in [0.15, 0.2) is 23.1 Å². The van der Waals surface area contributed by atoms with Crippen molar-refractivity contribution >= 4 is 20.9 Å². The van der Waals surface area contributed by atoms with Crippen LogP contribution in [0.25, 0.3) is 11.0 Å². The number of imidazole rings is 1. The highest BCUT2D eigenvalue weighted by Crippen LogP contribution is 2.25. The molecule has 0 spiro atoms. The lowest BCUT2D eigenvalue weighted by Gasteiger charge is -2.07. The maximum Gasteiger partial charge on any atom is 0.177 e. The number of hydrogen-bond donors (Lipinski definition) is 1. The molecule has 2 aromatic rings. The van der Waals surface area contributed by atoms with Crippen molar-refractivity contribution in [3.05, 3.63) is 24.0 Å². The fourth-order valence-electron chi connectivity index (χ4n) is 2.05. The van der Waals surface area contributed by atoms with E-state index in [-0.39, 0.29) is 10.8 Å². The molecule has 0 saturated heterocycles. The van der Waals surface area contributed by atoms with Crippen molar-refractivity contribution in [2.75, 3.05) is 12.8 Å². The van der Waals surface area contributed by atoms with Gasteiger partial charge >= 0.3 is 0 Å². The highest BCUT2D eigenvalue weighted by molar-refractivity contribution is 7.91. The summed E-state index contributed by atoms with van der Waals surface area (Å²) in [6.45, 7) is 2.45. The Hall–Kier alpha value is -1.40. The van der Waals surface area contributed by atoms with Crippen LogP contribution in [0, 0.1) is 0 Å². The number of aryl methyl sites for hydroxylation is 1. The summed E-state index contributed by atoms with van der Waals surface area (Å²) in [5.74, 6) is 0.901. The first-order valence-electron chi connectivity index (χ1n) is 5.71. The first-order chi connectivity index (χ1) is 8.36. The Morgan fingerprint density at radius 2 is 2.11 bits per heavy atom. The summed E-state index contributed by atoms with van der Waals surface area (Å²) in [7, 11) is -1.39. The van der Waals surface area contributed by atoms with Crippen LogP contribution < -0.4 is 5.73 Å². The van der Waals surface area contributed by atoms with Gasteiger partial charge in [-0.25, -0.2) is 13.4 Å². The zero-order chi connectivity index (χ0) is 13.5. The van der Waals surface area contributed by atoms with Crippen LogP contribution in [0.4, 0.5) is 0 Å². The summed E-state index contributed by atoms with van der Waals surface area (Å²) in [5.41, 5.74) is 6.99. The molecule has 0 bridgehead atoms. The summed E-state index contributed by atoms with van der Waals surface area (Å²) < 4.78 is 25.4. The second-order valence-electron chi connectivity index (χ2n) is 4.56. The molecular weight excluding hydrogens is 250 g/mol. The van der Waals surface area contributed by atoms with Gasteiger partial charge in [0.2, 0.25) is 0 Å². The van der Waals surface area contributed by atoms with Gasteiger partial charge in [-0.1, -0.05) is 13.0 Å². The fourth-order valence-corrected chi connectivity index (χ4v) is 2.88. The van der Waals surface area contributed by atoms with E-state index in [0.717, 1.165) is 11.3 Å². The van der Waals surface area contributed by atoms with E-state index in [1.807, 2.05) is 24.6 Å². The summed E-state index contributed by atoms with van der Waals surface area (Å²) in [4.78, 5) is 4.72. The first-order valence-corrected chi connectivity index (χ1v) is 7.61. The average molecular weight is 267 g/mol. The van der Waals surface area contributed by atoms with Gasteiger partial charge in [0.05, 0.1) is 10.4 Å². The van der Waals surface area contributed by atoms with E-state index in [4.69, 9.17) is 5.73 Å². The maximum absolute atomic E-state index is 11.7. The quantitative estimate of drug-likeness (QED) is 0.901. The molecule has 0 aliphatic rings. The lowest BCUT2D eigenvalue weighted by Crippen LogP contribution is -2.13.